The molecule has 3 heterocycles. The lowest BCUT2D eigenvalue weighted by Crippen LogP contribution is -2.56. The summed E-state index contributed by atoms with van der Waals surface area (Å²) >= 11 is 0. The number of amides is 3. The van der Waals surface area contributed by atoms with Gasteiger partial charge in [0.15, 0.2) is 0 Å². The van der Waals surface area contributed by atoms with Gasteiger partial charge in [-0.15, -0.1) is 0 Å². The number of hydrogen-bond acceptors (Lipinski definition) is 8. The zero-order valence-electron chi connectivity index (χ0n) is 31.1. The first-order valence-corrected chi connectivity index (χ1v) is 18.7. The van der Waals surface area contributed by atoms with Gasteiger partial charge in [0.25, 0.3) is 0 Å². The van der Waals surface area contributed by atoms with E-state index in [9.17, 15) is 19.2 Å². The molecule has 2 fully saturated rings. The third kappa shape index (κ3) is 7.70. The zero-order chi connectivity index (χ0) is 37.1. The van der Waals surface area contributed by atoms with Gasteiger partial charge in [0.1, 0.15) is 29.0 Å². The average Bonchev–Trinajstić information content (AvgIpc) is 3.66. The lowest BCUT2D eigenvalue weighted by molar-refractivity contribution is -0.150. The molecule has 11 heteroatoms. The van der Waals surface area contributed by atoms with Crippen LogP contribution in [-0.2, 0) is 34.2 Å². The minimum Gasteiger partial charge on any atom is -0.496 e. The van der Waals surface area contributed by atoms with Crippen LogP contribution in [0.4, 0.5) is 4.79 Å². The first kappa shape index (κ1) is 37.4. The molecule has 11 nitrogen and oxygen atoms in total. The molecule has 0 unspecified atom stereocenters. The number of rotatable bonds is 4. The van der Waals surface area contributed by atoms with Gasteiger partial charge in [-0.05, 0) is 85.4 Å². The van der Waals surface area contributed by atoms with Gasteiger partial charge in [-0.25, -0.2) is 9.59 Å². The second kappa shape index (κ2) is 15.3. The monoisotopic (exact) mass is 715 g/mol. The van der Waals surface area contributed by atoms with E-state index in [2.05, 4.69) is 54.8 Å². The summed E-state index contributed by atoms with van der Waals surface area (Å²) in [4.78, 5) is 57.3. The molecule has 1 saturated carbocycles. The molecule has 0 aromatic heterocycles. The number of hydrogen-bond donors (Lipinski definition) is 2. The number of nitrogens with zero attached hydrogens (tertiary/aromatic N) is 1. The molecule has 2 N–H and O–H groups in total. The number of esters is 1. The van der Waals surface area contributed by atoms with E-state index in [1.807, 2.05) is 24.3 Å². The molecule has 1 saturated heterocycles. The van der Waals surface area contributed by atoms with Crippen molar-refractivity contribution in [2.24, 2.45) is 11.3 Å². The summed E-state index contributed by atoms with van der Waals surface area (Å²) in [5.74, 6) is -0.804. The molecular weight excluding hydrogens is 662 g/mol. The lowest BCUT2D eigenvalue weighted by atomic mass is 9.85. The maximum absolute atomic E-state index is 14.7. The highest BCUT2D eigenvalue weighted by Crippen LogP contribution is 2.47. The topological polar surface area (TPSA) is 132 Å². The second-order valence-electron chi connectivity index (χ2n) is 15.5. The van der Waals surface area contributed by atoms with E-state index in [0.717, 1.165) is 53.3 Å². The number of carbonyl (C=O) groups excluding carboxylic acids is 4. The Morgan fingerprint density at radius 1 is 1.02 bits per heavy atom. The molecule has 4 aliphatic rings. The molecule has 6 bridgehead atoms. The molecular formula is C41H53N3O8. The Kier molecular flexibility index (Phi) is 11.0. The van der Waals surface area contributed by atoms with Crippen LogP contribution in [0.25, 0.3) is 16.8 Å². The highest BCUT2D eigenvalue weighted by atomic mass is 16.5. The molecule has 52 heavy (non-hydrogen) atoms. The van der Waals surface area contributed by atoms with Gasteiger partial charge in [0.05, 0.1) is 26.9 Å². The summed E-state index contributed by atoms with van der Waals surface area (Å²) in [6.45, 7) is 6.41. The summed E-state index contributed by atoms with van der Waals surface area (Å²) in [6.07, 6.45) is 13.1. The van der Waals surface area contributed by atoms with Crippen LogP contribution in [0.3, 0.4) is 0 Å². The molecule has 280 valence electrons. The van der Waals surface area contributed by atoms with Crippen molar-refractivity contribution < 1.29 is 38.1 Å². The molecule has 2 aromatic rings. The van der Waals surface area contributed by atoms with Crippen molar-refractivity contribution in [2.45, 2.75) is 102 Å². The Hall–Kier alpha value is -4.38. The van der Waals surface area contributed by atoms with E-state index >= 15 is 0 Å². The van der Waals surface area contributed by atoms with E-state index in [0.29, 0.717) is 25.7 Å². The first-order chi connectivity index (χ1) is 24.9. The van der Waals surface area contributed by atoms with Crippen molar-refractivity contribution in [1.29, 1.82) is 0 Å². The minimum absolute atomic E-state index is 0.0615. The molecule has 3 aliphatic heterocycles. The zero-order valence-corrected chi connectivity index (χ0v) is 31.1. The van der Waals surface area contributed by atoms with Crippen LogP contribution >= 0.6 is 0 Å². The van der Waals surface area contributed by atoms with Gasteiger partial charge in [0.2, 0.25) is 11.8 Å². The predicted molar refractivity (Wildman–Crippen MR) is 197 cm³/mol. The van der Waals surface area contributed by atoms with E-state index in [-0.39, 0.29) is 37.5 Å². The van der Waals surface area contributed by atoms with E-state index < -0.39 is 47.1 Å². The van der Waals surface area contributed by atoms with Crippen LogP contribution in [0.15, 0.2) is 48.6 Å². The number of carbonyl (C=O) groups is 4. The smallest absolute Gasteiger partial charge is 0.407 e. The Morgan fingerprint density at radius 3 is 2.62 bits per heavy atom. The SMILES string of the molecule is CCOC(=O)[C@@]12C[C@@H]1/C=C\CCCCC[C@@H]1NC(=O)OCCC(C)(C)CC=Cc3cc4cc(ccc4cc3OC)[C@]3(OC)C[C@@H](C(=O)N2)N(C3)C1=O. The van der Waals surface area contributed by atoms with Crippen LogP contribution in [0.1, 0.15) is 89.7 Å². The standard InChI is InChI=1S/C41H53N3O8/c1-6-51-37(47)41-24-31(41)14-10-8-7-9-11-15-32-36(46)44-26-40(50-5,25-33(44)35(45)43-41)30-17-16-27-23-34(49-4)28(21-29(27)22-30)13-12-18-39(2,3)19-20-52-38(48)42-32/h10,12-14,16-17,21-23,31-33H,6-9,11,15,18-20,24-26H2,1-5H3,(H,42,48)(H,43,45)/b13-12?,14-10-/t31-,32-,33-,40-,41+/m0/s1. The fourth-order valence-corrected chi connectivity index (χ4v) is 7.93. The summed E-state index contributed by atoms with van der Waals surface area (Å²) in [5.41, 5.74) is -0.715. The lowest BCUT2D eigenvalue weighted by Gasteiger charge is -2.31. The van der Waals surface area contributed by atoms with Gasteiger partial charge < -0.3 is 34.5 Å². The summed E-state index contributed by atoms with van der Waals surface area (Å²) < 4.78 is 23.2. The molecule has 1 aliphatic carbocycles. The Morgan fingerprint density at radius 2 is 1.85 bits per heavy atom. The fraction of sp³-hybridized carbons (Fsp3) is 0.561. The molecule has 5 atom stereocenters. The second-order valence-corrected chi connectivity index (χ2v) is 15.5. The molecule has 3 amide bonds. The molecule has 0 radical (unpaired) electrons. The van der Waals surface area contributed by atoms with Crippen LogP contribution < -0.4 is 15.4 Å². The number of nitrogens with one attached hydrogen (secondary N) is 2. The number of fused-ring (bicyclic) bond motifs is 6. The van der Waals surface area contributed by atoms with Gasteiger partial charge in [-0.1, -0.05) is 63.1 Å². The quantitative estimate of drug-likeness (QED) is 0.284. The van der Waals surface area contributed by atoms with Crippen molar-refractivity contribution in [3.05, 3.63) is 59.7 Å². The van der Waals surface area contributed by atoms with Crippen LogP contribution in [0.5, 0.6) is 5.75 Å². The molecule has 0 spiro atoms. The van der Waals surface area contributed by atoms with Crippen molar-refractivity contribution >= 4 is 40.7 Å². The van der Waals surface area contributed by atoms with Crippen LogP contribution in [0.2, 0.25) is 0 Å². The van der Waals surface area contributed by atoms with E-state index in [4.69, 9.17) is 18.9 Å². The van der Waals surface area contributed by atoms with Crippen LogP contribution in [-0.4, -0.2) is 80.4 Å². The average molecular weight is 716 g/mol. The van der Waals surface area contributed by atoms with Crippen molar-refractivity contribution in [2.75, 3.05) is 34.0 Å². The highest BCUT2D eigenvalue weighted by molar-refractivity contribution is 5.97. The molecule has 6 rings (SSSR count). The highest BCUT2D eigenvalue weighted by Gasteiger charge is 2.63. The number of cyclic esters (lactones) is 1. The van der Waals surface area contributed by atoms with Crippen molar-refractivity contribution in [1.82, 2.24) is 15.5 Å². The number of alkyl carbamates (subject to hydrolysis) is 1. The Balaban J connectivity index is 1.45. The van der Waals surface area contributed by atoms with Gasteiger partial charge >= 0.3 is 12.1 Å². The Bertz CT molecular complexity index is 1750. The number of benzene rings is 2. The molecule has 2 aromatic carbocycles. The largest absolute Gasteiger partial charge is 0.496 e. The van der Waals surface area contributed by atoms with Gasteiger partial charge in [-0.2, -0.15) is 0 Å². The maximum atomic E-state index is 14.7. The first-order valence-electron chi connectivity index (χ1n) is 18.7. The van der Waals surface area contributed by atoms with Gasteiger partial charge in [0, 0.05) is 25.0 Å². The number of methoxy groups -OCH3 is 2. The summed E-state index contributed by atoms with van der Waals surface area (Å²) in [5, 5.41) is 7.83. The van der Waals surface area contributed by atoms with E-state index in [1.54, 1.807) is 21.1 Å². The van der Waals surface area contributed by atoms with Gasteiger partial charge in [-0.3, -0.25) is 9.59 Å². The number of allylic oxidation sites excluding steroid dienone is 2. The van der Waals surface area contributed by atoms with Crippen LogP contribution in [0, 0.1) is 11.3 Å². The fourth-order valence-electron chi connectivity index (χ4n) is 7.93. The maximum Gasteiger partial charge on any atom is 0.407 e. The van der Waals surface area contributed by atoms with Crippen molar-refractivity contribution in [3.8, 4) is 5.75 Å². The van der Waals surface area contributed by atoms with E-state index in [1.165, 1.54) is 4.90 Å². The van der Waals surface area contributed by atoms with Crippen molar-refractivity contribution in [3.63, 3.8) is 0 Å². The summed E-state index contributed by atoms with van der Waals surface area (Å²) in [7, 11) is 3.24. The minimum atomic E-state index is -1.21. The number of ether oxygens (including phenoxy) is 4. The Labute approximate surface area is 306 Å². The normalized spacial score (nSPS) is 30.1. The predicted octanol–water partition coefficient (Wildman–Crippen LogP) is 6.18. The third-order valence-electron chi connectivity index (χ3n) is 11.3. The summed E-state index contributed by atoms with van der Waals surface area (Å²) in [6, 6.07) is 8.19. The third-order valence-corrected chi connectivity index (χ3v) is 11.3.